The van der Waals surface area contributed by atoms with Gasteiger partial charge in [0, 0.05) is 19.6 Å². The lowest BCUT2D eigenvalue weighted by Gasteiger charge is -2.22. The molecule has 1 heterocycles. The van der Waals surface area contributed by atoms with Crippen LogP contribution in [0, 0.1) is 0 Å². The first-order valence-corrected chi connectivity index (χ1v) is 9.77. The molecule has 0 saturated heterocycles. The molecule has 0 aliphatic rings. The molecule has 0 saturated carbocycles. The van der Waals surface area contributed by atoms with Crippen molar-refractivity contribution < 1.29 is 14.3 Å². The zero-order chi connectivity index (χ0) is 20.4. The molecule has 0 fully saturated rings. The lowest BCUT2D eigenvalue weighted by atomic mass is 10.1. The van der Waals surface area contributed by atoms with Gasteiger partial charge in [-0.05, 0) is 34.7 Å². The molecule has 2 N–H and O–H groups in total. The summed E-state index contributed by atoms with van der Waals surface area (Å²) < 4.78 is 11.3. The summed E-state index contributed by atoms with van der Waals surface area (Å²) in [7, 11) is 1.59. The molecule has 6 heteroatoms. The summed E-state index contributed by atoms with van der Waals surface area (Å²) in [6, 6.07) is 9.34. The molecule has 0 aliphatic heterocycles. The molecule has 0 aliphatic carbocycles. The lowest BCUT2D eigenvalue weighted by Crippen LogP contribution is -2.34. The zero-order valence-electron chi connectivity index (χ0n) is 16.1. The third-order valence-electron chi connectivity index (χ3n) is 4.01. The highest BCUT2D eigenvalue weighted by Crippen LogP contribution is 2.29. The number of carbonyl (C=O) groups is 1. The number of hydrogen-bond donors (Lipinski definition) is 1. The number of hydrogen-bond acceptors (Lipinski definition) is 5. The minimum absolute atomic E-state index is 0.0232. The van der Waals surface area contributed by atoms with Crippen molar-refractivity contribution in [2.24, 2.45) is 5.73 Å². The Bertz CT molecular complexity index is 828. The summed E-state index contributed by atoms with van der Waals surface area (Å²) in [5.41, 5.74) is 7.56. The molecular formula is C22H26N2O3S. The Labute approximate surface area is 170 Å². The van der Waals surface area contributed by atoms with Crippen LogP contribution in [0.1, 0.15) is 15.2 Å². The highest BCUT2D eigenvalue weighted by atomic mass is 32.1. The smallest absolute Gasteiger partial charge is 0.264 e. The van der Waals surface area contributed by atoms with E-state index < -0.39 is 0 Å². The van der Waals surface area contributed by atoms with Crippen molar-refractivity contribution in [1.82, 2.24) is 4.90 Å². The second kappa shape index (κ2) is 11.1. The molecular weight excluding hydrogens is 372 g/mol. The van der Waals surface area contributed by atoms with E-state index in [4.69, 9.17) is 15.2 Å². The van der Waals surface area contributed by atoms with E-state index in [1.807, 2.05) is 41.8 Å². The second-order valence-corrected chi connectivity index (χ2v) is 6.90. The first kappa shape index (κ1) is 21.5. The molecule has 5 nitrogen and oxygen atoms in total. The first-order valence-electron chi connectivity index (χ1n) is 8.89. The number of nitrogens with two attached hydrogens (primary N) is 1. The van der Waals surface area contributed by atoms with Crippen LogP contribution in [-0.2, 0) is 6.54 Å². The molecule has 1 aromatic heterocycles. The van der Waals surface area contributed by atoms with E-state index >= 15 is 0 Å². The summed E-state index contributed by atoms with van der Waals surface area (Å²) in [6.45, 7) is 9.12. The van der Waals surface area contributed by atoms with E-state index in [1.165, 1.54) is 11.3 Å². The van der Waals surface area contributed by atoms with Crippen molar-refractivity contribution in [2.75, 3.05) is 26.8 Å². The Hall–Kier alpha value is -2.83. The summed E-state index contributed by atoms with van der Waals surface area (Å²) in [6.07, 6.45) is 5.26. The van der Waals surface area contributed by atoms with Crippen LogP contribution < -0.4 is 15.2 Å². The van der Waals surface area contributed by atoms with E-state index in [0.29, 0.717) is 42.6 Å². The van der Waals surface area contributed by atoms with Crippen molar-refractivity contribution in [3.63, 3.8) is 0 Å². The van der Waals surface area contributed by atoms with E-state index in [2.05, 4.69) is 13.2 Å². The average Bonchev–Trinajstić information content (AvgIpc) is 3.25. The van der Waals surface area contributed by atoms with E-state index in [0.717, 1.165) is 11.1 Å². The molecule has 0 radical (unpaired) electrons. The van der Waals surface area contributed by atoms with Crippen LogP contribution in [0.25, 0.3) is 0 Å². The number of benzene rings is 1. The van der Waals surface area contributed by atoms with Crippen molar-refractivity contribution in [2.45, 2.75) is 6.54 Å². The number of rotatable bonds is 11. The number of amides is 1. The van der Waals surface area contributed by atoms with Gasteiger partial charge >= 0.3 is 0 Å². The van der Waals surface area contributed by atoms with E-state index in [9.17, 15) is 4.79 Å². The van der Waals surface area contributed by atoms with Crippen molar-refractivity contribution in [3.8, 4) is 11.5 Å². The van der Waals surface area contributed by atoms with E-state index in [-0.39, 0.29) is 5.91 Å². The van der Waals surface area contributed by atoms with Gasteiger partial charge in [-0.2, -0.15) is 0 Å². The lowest BCUT2D eigenvalue weighted by molar-refractivity contribution is 0.0753. The number of nitrogens with zero attached hydrogens (tertiary/aromatic N) is 1. The van der Waals surface area contributed by atoms with Crippen LogP contribution in [0.15, 0.2) is 72.7 Å². The SMILES string of the molecule is C=C/C=C(\C=C)COc1ccc(CN(CCN)C(=O)c2cccs2)cc1OC. The standard InChI is InChI=1S/C22H26N2O3S/c1-4-7-17(5-2)16-27-19-10-9-18(14-20(19)26-3)15-24(12-11-23)22(25)21-8-6-13-28-21/h4-10,13-14H,1-2,11-12,15-16,23H2,3H3/b17-7+. The van der Waals surface area contributed by atoms with Gasteiger partial charge in [0.25, 0.3) is 5.91 Å². The predicted molar refractivity (Wildman–Crippen MR) is 115 cm³/mol. The first-order chi connectivity index (χ1) is 13.6. The van der Waals surface area contributed by atoms with Crippen molar-refractivity contribution >= 4 is 17.2 Å². The maximum Gasteiger partial charge on any atom is 0.264 e. The fourth-order valence-corrected chi connectivity index (χ4v) is 3.29. The third-order valence-corrected chi connectivity index (χ3v) is 4.87. The van der Waals surface area contributed by atoms with Gasteiger partial charge in [0.05, 0.1) is 12.0 Å². The minimum Gasteiger partial charge on any atom is -0.493 e. The Morgan fingerprint density at radius 2 is 2.11 bits per heavy atom. The summed E-state index contributed by atoms with van der Waals surface area (Å²) >= 11 is 1.42. The molecule has 28 heavy (non-hydrogen) atoms. The van der Waals surface area contributed by atoms with Crippen LogP contribution in [0.3, 0.4) is 0 Å². The van der Waals surface area contributed by atoms with Crippen LogP contribution >= 0.6 is 11.3 Å². The molecule has 1 aromatic carbocycles. The molecule has 0 spiro atoms. The predicted octanol–water partition coefficient (Wildman–Crippen LogP) is 4.04. The van der Waals surface area contributed by atoms with Gasteiger partial charge in [0.15, 0.2) is 11.5 Å². The van der Waals surface area contributed by atoms with Gasteiger partial charge in [-0.3, -0.25) is 4.79 Å². The Morgan fingerprint density at radius 1 is 1.29 bits per heavy atom. The summed E-state index contributed by atoms with van der Waals surface area (Å²) in [5, 5.41) is 1.89. The Balaban J connectivity index is 2.14. The Kier molecular flexibility index (Phi) is 8.52. The quantitative estimate of drug-likeness (QED) is 0.580. The van der Waals surface area contributed by atoms with E-state index in [1.54, 1.807) is 24.2 Å². The van der Waals surface area contributed by atoms with Gasteiger partial charge in [0.2, 0.25) is 0 Å². The van der Waals surface area contributed by atoms with Crippen LogP contribution in [0.2, 0.25) is 0 Å². The Morgan fingerprint density at radius 3 is 2.71 bits per heavy atom. The van der Waals surface area contributed by atoms with Gasteiger partial charge in [-0.1, -0.05) is 43.5 Å². The summed E-state index contributed by atoms with van der Waals surface area (Å²) in [5.74, 6) is 1.21. The minimum atomic E-state index is -0.0232. The number of thiophene rings is 1. The molecule has 2 aromatic rings. The van der Waals surface area contributed by atoms with Crippen LogP contribution in [0.4, 0.5) is 0 Å². The van der Waals surface area contributed by atoms with Gasteiger partial charge in [-0.15, -0.1) is 11.3 Å². The number of allylic oxidation sites excluding steroid dienone is 2. The highest BCUT2D eigenvalue weighted by molar-refractivity contribution is 7.12. The van der Waals surface area contributed by atoms with Gasteiger partial charge < -0.3 is 20.1 Å². The number of ether oxygens (including phenoxy) is 2. The van der Waals surface area contributed by atoms with Crippen molar-refractivity contribution in [1.29, 1.82) is 0 Å². The summed E-state index contributed by atoms with van der Waals surface area (Å²) in [4.78, 5) is 15.1. The number of carbonyl (C=O) groups excluding carboxylic acids is 1. The maximum atomic E-state index is 12.7. The average molecular weight is 399 g/mol. The zero-order valence-corrected chi connectivity index (χ0v) is 16.9. The molecule has 1 amide bonds. The molecule has 0 atom stereocenters. The fourth-order valence-electron chi connectivity index (χ4n) is 2.60. The normalized spacial score (nSPS) is 11.0. The largest absolute Gasteiger partial charge is 0.493 e. The molecule has 0 bridgehead atoms. The van der Waals surface area contributed by atoms with Gasteiger partial charge in [0.1, 0.15) is 6.61 Å². The van der Waals surface area contributed by atoms with Crippen LogP contribution in [-0.4, -0.2) is 37.6 Å². The fraction of sp³-hybridized carbons (Fsp3) is 0.227. The van der Waals surface area contributed by atoms with Crippen LogP contribution in [0.5, 0.6) is 11.5 Å². The van der Waals surface area contributed by atoms with Crippen molar-refractivity contribution in [3.05, 3.63) is 83.1 Å². The molecule has 2 rings (SSSR count). The molecule has 0 unspecified atom stereocenters. The monoisotopic (exact) mass is 398 g/mol. The highest BCUT2D eigenvalue weighted by Gasteiger charge is 2.17. The van der Waals surface area contributed by atoms with Gasteiger partial charge in [-0.25, -0.2) is 0 Å². The second-order valence-electron chi connectivity index (χ2n) is 5.95. The number of methoxy groups -OCH3 is 1. The molecule has 148 valence electrons. The maximum absolute atomic E-state index is 12.7. The topological polar surface area (TPSA) is 64.8 Å². The third kappa shape index (κ3) is 5.84.